The van der Waals surface area contributed by atoms with E-state index in [2.05, 4.69) is 10.3 Å². The molecule has 0 fully saturated rings. The molecule has 4 aromatic rings. The Balaban J connectivity index is 1.73. The van der Waals surface area contributed by atoms with Crippen LogP contribution in [-0.2, 0) is 6.42 Å². The third kappa shape index (κ3) is 3.15. The van der Waals surface area contributed by atoms with Crippen LogP contribution in [-0.4, -0.2) is 35.3 Å². The van der Waals surface area contributed by atoms with E-state index >= 15 is 0 Å². The summed E-state index contributed by atoms with van der Waals surface area (Å²) in [6.45, 7) is 0.657. The van der Waals surface area contributed by atoms with Gasteiger partial charge in [0.15, 0.2) is 16.5 Å². The summed E-state index contributed by atoms with van der Waals surface area (Å²) < 4.78 is 12.5. The Labute approximate surface area is 182 Å². The maximum Gasteiger partial charge on any atom is 0.268 e. The third-order valence-corrected chi connectivity index (χ3v) is 6.47. The first-order valence-electron chi connectivity index (χ1n) is 9.89. The molecule has 1 atom stereocenters. The Kier molecular flexibility index (Phi) is 4.88. The second kappa shape index (κ2) is 7.72. The van der Waals surface area contributed by atoms with Crippen LogP contribution in [0, 0.1) is 0 Å². The largest absolute Gasteiger partial charge is 0.493 e. The van der Waals surface area contributed by atoms with E-state index in [1.807, 2.05) is 47.8 Å². The van der Waals surface area contributed by atoms with E-state index in [0.29, 0.717) is 23.0 Å². The van der Waals surface area contributed by atoms with E-state index in [9.17, 15) is 9.90 Å². The number of aromatic hydroxyl groups is 1. The van der Waals surface area contributed by atoms with E-state index < -0.39 is 6.04 Å². The summed E-state index contributed by atoms with van der Waals surface area (Å²) >= 11 is 1.32. The van der Waals surface area contributed by atoms with Crippen LogP contribution >= 0.6 is 11.3 Å². The number of hydrogen-bond acceptors (Lipinski definition) is 7. The molecule has 3 heterocycles. The monoisotopic (exact) mass is 435 g/mol. The number of thiazole rings is 1. The highest BCUT2D eigenvalue weighted by atomic mass is 32.1. The fourth-order valence-electron chi connectivity index (χ4n) is 4.16. The van der Waals surface area contributed by atoms with E-state index in [0.717, 1.165) is 28.8 Å². The van der Waals surface area contributed by atoms with Crippen molar-refractivity contribution in [3.8, 4) is 28.6 Å². The first kappa shape index (κ1) is 19.6. The summed E-state index contributed by atoms with van der Waals surface area (Å²) in [5, 5.41) is 16.0. The molecule has 2 N–H and O–H groups in total. The van der Waals surface area contributed by atoms with Gasteiger partial charge in [0.2, 0.25) is 5.88 Å². The number of fused-ring (bicyclic) bond motifs is 2. The number of rotatable bonds is 4. The minimum atomic E-state index is -0.510. The average molecular weight is 436 g/mol. The highest BCUT2D eigenvalue weighted by Crippen LogP contribution is 2.38. The molecule has 0 spiro atoms. The standard InChI is InChI=1S/C23H21N3O4S/c1-29-17-10-14-8-9-24-20(15(14)11-18(17)30-2)19-21(27)25-23-26(22(19)28)16(12-31-23)13-6-4-3-5-7-13/h3-7,10-12,20,24,27H,8-9H2,1-2H3/t20-/m1/s1. The van der Waals surface area contributed by atoms with Gasteiger partial charge in [0, 0.05) is 11.9 Å². The van der Waals surface area contributed by atoms with Crippen LogP contribution in [0.3, 0.4) is 0 Å². The van der Waals surface area contributed by atoms with Gasteiger partial charge in [0.25, 0.3) is 5.56 Å². The lowest BCUT2D eigenvalue weighted by Gasteiger charge is -2.28. The summed E-state index contributed by atoms with van der Waals surface area (Å²) in [5.74, 6) is 0.955. The van der Waals surface area contributed by atoms with Crippen molar-refractivity contribution < 1.29 is 14.6 Å². The number of hydrogen-bond donors (Lipinski definition) is 2. The molecule has 158 valence electrons. The number of methoxy groups -OCH3 is 2. The van der Waals surface area contributed by atoms with Gasteiger partial charge in [-0.1, -0.05) is 30.3 Å². The Hall–Kier alpha value is -3.36. The number of benzene rings is 2. The van der Waals surface area contributed by atoms with Gasteiger partial charge in [-0.2, -0.15) is 4.98 Å². The molecule has 0 radical (unpaired) electrons. The molecule has 31 heavy (non-hydrogen) atoms. The molecule has 1 aliphatic heterocycles. The predicted molar refractivity (Wildman–Crippen MR) is 120 cm³/mol. The van der Waals surface area contributed by atoms with Crippen molar-refractivity contribution in [2.24, 2.45) is 0 Å². The molecule has 0 aliphatic carbocycles. The van der Waals surface area contributed by atoms with Gasteiger partial charge in [-0.15, -0.1) is 11.3 Å². The van der Waals surface area contributed by atoms with Crippen LogP contribution < -0.4 is 20.3 Å². The molecular formula is C23H21N3O4S. The van der Waals surface area contributed by atoms with E-state index in [4.69, 9.17) is 9.47 Å². The molecule has 0 amide bonds. The van der Waals surface area contributed by atoms with E-state index in [1.54, 1.807) is 18.6 Å². The highest BCUT2D eigenvalue weighted by Gasteiger charge is 2.30. The SMILES string of the molecule is COc1cc2c(cc1OC)[C@H](c1c(O)nc3scc(-c4ccccc4)n3c1=O)NCC2. The van der Waals surface area contributed by atoms with Gasteiger partial charge in [-0.25, -0.2) is 0 Å². The number of nitrogens with zero attached hydrogens (tertiary/aromatic N) is 2. The van der Waals surface area contributed by atoms with Crippen molar-refractivity contribution in [2.45, 2.75) is 12.5 Å². The van der Waals surface area contributed by atoms with Crippen LogP contribution in [0.4, 0.5) is 0 Å². The number of nitrogens with one attached hydrogen (secondary N) is 1. The lowest BCUT2D eigenvalue weighted by molar-refractivity contribution is 0.352. The van der Waals surface area contributed by atoms with E-state index in [-0.39, 0.29) is 17.0 Å². The Morgan fingerprint density at radius 3 is 2.65 bits per heavy atom. The van der Waals surface area contributed by atoms with Crippen molar-refractivity contribution in [1.29, 1.82) is 0 Å². The minimum Gasteiger partial charge on any atom is -0.493 e. The molecule has 8 heteroatoms. The Morgan fingerprint density at radius 2 is 1.90 bits per heavy atom. The fraction of sp³-hybridized carbons (Fsp3) is 0.217. The molecule has 2 aromatic heterocycles. The molecule has 1 aliphatic rings. The maximum atomic E-state index is 13.7. The molecule has 7 nitrogen and oxygen atoms in total. The van der Waals surface area contributed by atoms with Crippen LogP contribution in [0.5, 0.6) is 17.4 Å². The second-order valence-electron chi connectivity index (χ2n) is 7.30. The fourth-order valence-corrected chi connectivity index (χ4v) is 5.04. The zero-order valence-electron chi connectivity index (χ0n) is 17.1. The normalized spacial score (nSPS) is 15.6. The summed E-state index contributed by atoms with van der Waals surface area (Å²) in [4.78, 5) is 18.5. The number of ether oxygens (including phenoxy) is 2. The van der Waals surface area contributed by atoms with Crippen molar-refractivity contribution in [1.82, 2.24) is 14.7 Å². The highest BCUT2D eigenvalue weighted by molar-refractivity contribution is 7.15. The van der Waals surface area contributed by atoms with Crippen LogP contribution in [0.15, 0.2) is 52.6 Å². The molecule has 0 unspecified atom stereocenters. The van der Waals surface area contributed by atoms with Crippen LogP contribution in [0.2, 0.25) is 0 Å². The van der Waals surface area contributed by atoms with Crippen LogP contribution in [0.1, 0.15) is 22.7 Å². The Morgan fingerprint density at radius 1 is 1.16 bits per heavy atom. The summed E-state index contributed by atoms with van der Waals surface area (Å²) in [7, 11) is 3.17. The lowest BCUT2D eigenvalue weighted by atomic mass is 9.90. The van der Waals surface area contributed by atoms with Gasteiger partial charge >= 0.3 is 0 Å². The van der Waals surface area contributed by atoms with Crippen molar-refractivity contribution in [3.05, 3.63) is 74.9 Å². The van der Waals surface area contributed by atoms with Gasteiger partial charge in [0.1, 0.15) is 5.56 Å². The van der Waals surface area contributed by atoms with Gasteiger partial charge in [-0.05, 0) is 35.2 Å². The molecule has 5 rings (SSSR count). The summed E-state index contributed by atoms with van der Waals surface area (Å²) in [6, 6.07) is 13.0. The molecule has 0 saturated carbocycles. The molecular weight excluding hydrogens is 414 g/mol. The van der Waals surface area contributed by atoms with Crippen molar-refractivity contribution in [3.63, 3.8) is 0 Å². The number of aromatic nitrogens is 2. The van der Waals surface area contributed by atoms with Gasteiger partial charge in [0.05, 0.1) is 26.0 Å². The average Bonchev–Trinajstić information content (AvgIpc) is 3.22. The molecule has 0 bridgehead atoms. The smallest absolute Gasteiger partial charge is 0.268 e. The second-order valence-corrected chi connectivity index (χ2v) is 8.14. The van der Waals surface area contributed by atoms with E-state index in [1.165, 1.54) is 11.3 Å². The summed E-state index contributed by atoms with van der Waals surface area (Å²) in [6.07, 6.45) is 0.775. The Bertz CT molecular complexity index is 1330. The zero-order chi connectivity index (χ0) is 21.5. The predicted octanol–water partition coefficient (Wildman–Crippen LogP) is 3.38. The first-order valence-corrected chi connectivity index (χ1v) is 10.8. The maximum absolute atomic E-state index is 13.7. The molecule has 0 saturated heterocycles. The van der Waals surface area contributed by atoms with Gasteiger partial charge in [-0.3, -0.25) is 9.20 Å². The van der Waals surface area contributed by atoms with Crippen molar-refractivity contribution in [2.75, 3.05) is 20.8 Å². The lowest BCUT2D eigenvalue weighted by Crippen LogP contribution is -2.35. The molecule has 2 aromatic carbocycles. The summed E-state index contributed by atoms with van der Waals surface area (Å²) in [5.41, 5.74) is 3.51. The van der Waals surface area contributed by atoms with Crippen LogP contribution in [0.25, 0.3) is 16.2 Å². The zero-order valence-corrected chi connectivity index (χ0v) is 17.9. The van der Waals surface area contributed by atoms with Gasteiger partial charge < -0.3 is 19.9 Å². The topological polar surface area (TPSA) is 85.1 Å². The first-order chi connectivity index (χ1) is 15.1. The quantitative estimate of drug-likeness (QED) is 0.511. The minimum absolute atomic E-state index is 0.223. The van der Waals surface area contributed by atoms with Crippen molar-refractivity contribution >= 4 is 16.3 Å². The third-order valence-electron chi connectivity index (χ3n) is 5.64.